The summed E-state index contributed by atoms with van der Waals surface area (Å²) in [6, 6.07) is 5.58. The Balaban J connectivity index is 1.69. The SMILES string of the molecule is NC1CCN(C2CC(c3cccc(C(F)(F)F)c3)NN2)C1. The van der Waals surface area contributed by atoms with Gasteiger partial charge >= 0.3 is 6.18 Å². The molecule has 0 aromatic heterocycles. The van der Waals surface area contributed by atoms with Gasteiger partial charge in [-0.3, -0.25) is 4.90 Å². The number of benzene rings is 1. The number of hydrogen-bond donors (Lipinski definition) is 3. The lowest BCUT2D eigenvalue weighted by Gasteiger charge is -2.22. The molecular weight excluding hydrogens is 281 g/mol. The third-order valence-electron chi connectivity index (χ3n) is 4.20. The lowest BCUT2D eigenvalue weighted by atomic mass is 10.0. The van der Waals surface area contributed by atoms with Gasteiger partial charge in [0.15, 0.2) is 0 Å². The molecule has 0 aliphatic carbocycles. The molecule has 2 aliphatic heterocycles. The van der Waals surface area contributed by atoms with Crippen molar-refractivity contribution in [1.82, 2.24) is 15.8 Å². The van der Waals surface area contributed by atoms with E-state index in [1.54, 1.807) is 6.07 Å². The number of halogens is 3. The summed E-state index contributed by atoms with van der Waals surface area (Å²) in [7, 11) is 0. The van der Waals surface area contributed by atoms with Crippen LogP contribution in [0.25, 0.3) is 0 Å². The largest absolute Gasteiger partial charge is 0.416 e. The topological polar surface area (TPSA) is 53.3 Å². The Bertz CT molecular complexity index is 505. The molecule has 3 unspecified atom stereocenters. The summed E-state index contributed by atoms with van der Waals surface area (Å²) < 4.78 is 38.3. The van der Waals surface area contributed by atoms with E-state index in [1.165, 1.54) is 12.1 Å². The zero-order valence-corrected chi connectivity index (χ0v) is 11.5. The van der Waals surface area contributed by atoms with Gasteiger partial charge in [0.2, 0.25) is 0 Å². The highest BCUT2D eigenvalue weighted by Gasteiger charge is 2.35. The Kier molecular flexibility index (Phi) is 3.92. The lowest BCUT2D eigenvalue weighted by molar-refractivity contribution is -0.137. The molecule has 3 rings (SSSR count). The van der Waals surface area contributed by atoms with E-state index in [-0.39, 0.29) is 18.2 Å². The molecule has 116 valence electrons. The number of hydrogen-bond acceptors (Lipinski definition) is 4. The molecule has 4 N–H and O–H groups in total. The summed E-state index contributed by atoms with van der Waals surface area (Å²) in [6.45, 7) is 1.75. The van der Waals surface area contributed by atoms with Crippen molar-refractivity contribution in [1.29, 1.82) is 0 Å². The molecule has 2 heterocycles. The smallest absolute Gasteiger partial charge is 0.326 e. The van der Waals surface area contributed by atoms with E-state index >= 15 is 0 Å². The van der Waals surface area contributed by atoms with Gasteiger partial charge < -0.3 is 5.73 Å². The maximum Gasteiger partial charge on any atom is 0.416 e. The van der Waals surface area contributed by atoms with Gasteiger partial charge in [0.25, 0.3) is 0 Å². The normalized spacial score (nSPS) is 31.0. The van der Waals surface area contributed by atoms with Crippen LogP contribution in [0.5, 0.6) is 0 Å². The van der Waals surface area contributed by atoms with Crippen molar-refractivity contribution in [2.45, 2.75) is 37.3 Å². The van der Waals surface area contributed by atoms with E-state index in [9.17, 15) is 13.2 Å². The summed E-state index contributed by atoms with van der Waals surface area (Å²) >= 11 is 0. The van der Waals surface area contributed by atoms with E-state index in [4.69, 9.17) is 5.73 Å². The summed E-state index contributed by atoms with van der Waals surface area (Å²) in [6.07, 6.45) is -2.48. The number of nitrogens with two attached hydrogens (primary N) is 1. The first kappa shape index (κ1) is 14.8. The highest BCUT2D eigenvalue weighted by atomic mass is 19.4. The Labute approximate surface area is 121 Å². The summed E-state index contributed by atoms with van der Waals surface area (Å²) in [5.74, 6) is 0. The van der Waals surface area contributed by atoms with Crippen LogP contribution in [0.1, 0.15) is 30.0 Å². The van der Waals surface area contributed by atoms with Gasteiger partial charge in [-0.15, -0.1) is 0 Å². The maximum atomic E-state index is 12.8. The van der Waals surface area contributed by atoms with Crippen LogP contribution >= 0.6 is 0 Å². The summed E-state index contributed by atoms with van der Waals surface area (Å²) in [5, 5.41) is 0. The Morgan fingerprint density at radius 2 is 2.05 bits per heavy atom. The number of rotatable bonds is 2. The van der Waals surface area contributed by atoms with Crippen LogP contribution in [-0.4, -0.2) is 30.2 Å². The molecule has 7 heteroatoms. The van der Waals surface area contributed by atoms with Crippen LogP contribution in [0.15, 0.2) is 24.3 Å². The third kappa shape index (κ3) is 3.21. The average molecular weight is 300 g/mol. The van der Waals surface area contributed by atoms with Crippen LogP contribution in [0, 0.1) is 0 Å². The minimum absolute atomic E-state index is 0.117. The quantitative estimate of drug-likeness (QED) is 0.776. The van der Waals surface area contributed by atoms with Gasteiger partial charge in [-0.1, -0.05) is 12.1 Å². The molecule has 2 fully saturated rings. The molecular formula is C14H19F3N4. The van der Waals surface area contributed by atoms with Gasteiger partial charge in [0.1, 0.15) is 0 Å². The highest BCUT2D eigenvalue weighted by molar-refractivity contribution is 5.28. The molecule has 1 aromatic rings. The summed E-state index contributed by atoms with van der Waals surface area (Å²) in [5.41, 5.74) is 12.2. The molecule has 0 radical (unpaired) electrons. The molecule has 2 saturated heterocycles. The minimum Gasteiger partial charge on any atom is -0.326 e. The molecule has 0 spiro atoms. The van der Waals surface area contributed by atoms with Gasteiger partial charge in [-0.2, -0.15) is 13.2 Å². The van der Waals surface area contributed by atoms with Gasteiger partial charge in [-0.05, 0) is 30.5 Å². The van der Waals surface area contributed by atoms with Crippen LogP contribution in [0.2, 0.25) is 0 Å². The number of hydrazine groups is 1. The van der Waals surface area contributed by atoms with Gasteiger partial charge in [0, 0.05) is 25.2 Å². The fraction of sp³-hybridized carbons (Fsp3) is 0.571. The van der Waals surface area contributed by atoms with Crippen LogP contribution in [0.4, 0.5) is 13.2 Å². The second-order valence-corrected chi connectivity index (χ2v) is 5.76. The first-order chi connectivity index (χ1) is 9.93. The predicted octanol–water partition coefficient (Wildman–Crippen LogP) is 1.60. The fourth-order valence-corrected chi connectivity index (χ4v) is 3.03. The molecule has 3 atom stereocenters. The second-order valence-electron chi connectivity index (χ2n) is 5.76. The second kappa shape index (κ2) is 5.57. The van der Waals surface area contributed by atoms with E-state index in [0.717, 1.165) is 32.0 Å². The molecule has 4 nitrogen and oxygen atoms in total. The van der Waals surface area contributed by atoms with E-state index in [1.807, 2.05) is 0 Å². The number of nitrogens with zero attached hydrogens (tertiary/aromatic N) is 1. The summed E-state index contributed by atoms with van der Waals surface area (Å²) in [4.78, 5) is 2.24. The standard InChI is InChI=1S/C14H19F3N4/c15-14(16,17)10-3-1-2-9(6-10)12-7-13(20-19-12)21-5-4-11(18)8-21/h1-3,6,11-13,19-20H,4-5,7-8,18H2. The van der Waals surface area contributed by atoms with Crippen molar-refractivity contribution in [3.05, 3.63) is 35.4 Å². The number of nitrogens with one attached hydrogen (secondary N) is 2. The first-order valence-corrected chi connectivity index (χ1v) is 7.11. The fourth-order valence-electron chi connectivity index (χ4n) is 3.03. The molecule has 0 saturated carbocycles. The van der Waals surface area contributed by atoms with E-state index in [2.05, 4.69) is 15.8 Å². The zero-order chi connectivity index (χ0) is 15.0. The molecule has 0 amide bonds. The predicted molar refractivity (Wildman–Crippen MR) is 73.0 cm³/mol. The van der Waals surface area contributed by atoms with Crippen molar-refractivity contribution >= 4 is 0 Å². The molecule has 2 aliphatic rings. The number of likely N-dealkylation sites (tertiary alicyclic amines) is 1. The zero-order valence-electron chi connectivity index (χ0n) is 11.5. The lowest BCUT2D eigenvalue weighted by Crippen LogP contribution is -2.44. The average Bonchev–Trinajstić information content (AvgIpc) is 3.06. The van der Waals surface area contributed by atoms with Crippen molar-refractivity contribution in [2.24, 2.45) is 5.73 Å². The Hall–Kier alpha value is -1.15. The van der Waals surface area contributed by atoms with E-state index in [0.29, 0.717) is 5.56 Å². The first-order valence-electron chi connectivity index (χ1n) is 7.11. The molecule has 21 heavy (non-hydrogen) atoms. The van der Waals surface area contributed by atoms with Crippen molar-refractivity contribution in [3.63, 3.8) is 0 Å². The Morgan fingerprint density at radius 1 is 1.24 bits per heavy atom. The Morgan fingerprint density at radius 3 is 2.71 bits per heavy atom. The van der Waals surface area contributed by atoms with Crippen LogP contribution < -0.4 is 16.6 Å². The minimum atomic E-state index is -4.30. The molecule has 0 bridgehead atoms. The van der Waals surface area contributed by atoms with Crippen molar-refractivity contribution in [3.8, 4) is 0 Å². The monoisotopic (exact) mass is 300 g/mol. The van der Waals surface area contributed by atoms with Crippen LogP contribution in [0.3, 0.4) is 0 Å². The maximum absolute atomic E-state index is 12.8. The molecule has 1 aromatic carbocycles. The van der Waals surface area contributed by atoms with E-state index < -0.39 is 11.7 Å². The third-order valence-corrected chi connectivity index (χ3v) is 4.20. The van der Waals surface area contributed by atoms with Gasteiger partial charge in [0.05, 0.1) is 11.7 Å². The van der Waals surface area contributed by atoms with Crippen molar-refractivity contribution < 1.29 is 13.2 Å². The van der Waals surface area contributed by atoms with Crippen molar-refractivity contribution in [2.75, 3.05) is 13.1 Å². The van der Waals surface area contributed by atoms with Crippen LogP contribution in [-0.2, 0) is 6.18 Å². The van der Waals surface area contributed by atoms with Gasteiger partial charge in [-0.25, -0.2) is 10.9 Å². The number of alkyl halides is 3. The highest BCUT2D eigenvalue weighted by Crippen LogP contribution is 2.32.